The second-order valence-electron chi connectivity index (χ2n) is 4.28. The topological polar surface area (TPSA) is 40.2 Å². The Kier molecular flexibility index (Phi) is 4.06. The van der Waals surface area contributed by atoms with Gasteiger partial charge in [-0.3, -0.25) is 0 Å². The Bertz CT molecular complexity index is 421. The molecular weight excluding hydrogens is 248 g/mol. The number of rotatable bonds is 7. The summed E-state index contributed by atoms with van der Waals surface area (Å²) in [6.07, 6.45) is 1.88. The molecule has 18 heavy (non-hydrogen) atoms. The molecule has 1 aliphatic rings. The van der Waals surface area contributed by atoms with Gasteiger partial charge in [0.1, 0.15) is 0 Å². The molecule has 1 aromatic rings. The molecule has 0 unspecified atom stereocenters. The highest BCUT2D eigenvalue weighted by Gasteiger charge is 2.37. The molecule has 4 nitrogen and oxygen atoms in total. The van der Waals surface area contributed by atoms with Crippen molar-refractivity contribution in [3.05, 3.63) is 23.3 Å². The smallest absolute Gasteiger partial charge is 0.449 e. The average Bonchev–Trinajstić information content (AvgIpc) is 3.19. The maximum absolute atomic E-state index is 5.44. The normalized spacial score (nSPS) is 13.1. The molecule has 0 fully saturated rings. The van der Waals surface area contributed by atoms with Crippen molar-refractivity contribution < 1.29 is 18.0 Å². The van der Waals surface area contributed by atoms with E-state index >= 15 is 0 Å². The summed E-state index contributed by atoms with van der Waals surface area (Å²) in [6.45, 7) is 2.15. The Morgan fingerprint density at radius 1 is 1.11 bits per heavy atom. The van der Waals surface area contributed by atoms with Crippen LogP contribution in [0.25, 0.3) is 0 Å². The molecule has 0 aliphatic carbocycles. The second kappa shape index (κ2) is 5.40. The molecule has 2 rings (SSSR count). The SMILES string of the molecule is CCc1c(CC[Si](OC)(OC)OC)ccc2c1O2. The molecule has 0 atom stereocenters. The molecule has 0 N–H and O–H groups in total. The molecule has 1 heterocycles. The van der Waals surface area contributed by atoms with Crippen LogP contribution in [0.2, 0.25) is 6.04 Å². The van der Waals surface area contributed by atoms with E-state index < -0.39 is 8.80 Å². The lowest BCUT2D eigenvalue weighted by atomic mass is 10.0. The van der Waals surface area contributed by atoms with Crippen molar-refractivity contribution in [2.24, 2.45) is 0 Å². The first-order valence-corrected chi connectivity index (χ1v) is 8.11. The van der Waals surface area contributed by atoms with Crippen molar-refractivity contribution >= 4 is 8.80 Å². The van der Waals surface area contributed by atoms with Crippen LogP contribution in [0.15, 0.2) is 12.1 Å². The maximum Gasteiger partial charge on any atom is 0.500 e. The molecule has 5 heteroatoms. The van der Waals surface area contributed by atoms with Crippen molar-refractivity contribution in [3.63, 3.8) is 0 Å². The molecule has 1 aromatic carbocycles. The van der Waals surface area contributed by atoms with E-state index in [0.717, 1.165) is 30.4 Å². The predicted octanol–water partition coefficient (Wildman–Crippen LogP) is 2.78. The summed E-state index contributed by atoms with van der Waals surface area (Å²) in [5, 5.41) is 0. The van der Waals surface area contributed by atoms with E-state index in [1.54, 1.807) is 21.3 Å². The third kappa shape index (κ3) is 2.44. The number of benzene rings is 1. The van der Waals surface area contributed by atoms with Gasteiger partial charge in [0.2, 0.25) is 0 Å². The van der Waals surface area contributed by atoms with Crippen LogP contribution in [-0.4, -0.2) is 30.1 Å². The fraction of sp³-hybridized carbons (Fsp3) is 0.538. The number of ether oxygens (including phenoxy) is 1. The summed E-state index contributed by atoms with van der Waals surface area (Å²) in [5.74, 6) is 2.08. The van der Waals surface area contributed by atoms with Crippen molar-refractivity contribution in [1.29, 1.82) is 0 Å². The first-order valence-electron chi connectivity index (χ1n) is 6.17. The maximum atomic E-state index is 5.44. The zero-order valence-corrected chi connectivity index (χ0v) is 12.4. The first-order chi connectivity index (χ1) is 8.69. The van der Waals surface area contributed by atoms with Crippen LogP contribution in [-0.2, 0) is 26.1 Å². The molecule has 0 aromatic heterocycles. The lowest BCUT2D eigenvalue weighted by Crippen LogP contribution is -2.43. The summed E-state index contributed by atoms with van der Waals surface area (Å²) in [6, 6.07) is 4.94. The van der Waals surface area contributed by atoms with Crippen molar-refractivity contribution in [2.45, 2.75) is 25.8 Å². The fourth-order valence-electron chi connectivity index (χ4n) is 2.29. The Hall–Kier alpha value is -0.883. The highest BCUT2D eigenvalue weighted by molar-refractivity contribution is 6.60. The van der Waals surface area contributed by atoms with Gasteiger partial charge in [0.25, 0.3) is 0 Å². The summed E-state index contributed by atoms with van der Waals surface area (Å²) in [5.41, 5.74) is 2.61. The average molecular weight is 268 g/mol. The van der Waals surface area contributed by atoms with Gasteiger partial charge in [-0.25, -0.2) is 0 Å². The van der Waals surface area contributed by atoms with E-state index in [2.05, 4.69) is 13.0 Å². The summed E-state index contributed by atoms with van der Waals surface area (Å²) >= 11 is 0. The van der Waals surface area contributed by atoms with Gasteiger partial charge in [-0.2, -0.15) is 0 Å². The predicted molar refractivity (Wildman–Crippen MR) is 71.2 cm³/mol. The minimum Gasteiger partial charge on any atom is -0.449 e. The highest BCUT2D eigenvalue weighted by Crippen LogP contribution is 2.49. The largest absolute Gasteiger partial charge is 0.500 e. The Balaban J connectivity index is 2.09. The van der Waals surface area contributed by atoms with Crippen LogP contribution in [0.5, 0.6) is 11.5 Å². The Morgan fingerprint density at radius 2 is 1.78 bits per heavy atom. The van der Waals surface area contributed by atoms with Gasteiger partial charge in [0, 0.05) is 32.9 Å². The number of hydrogen-bond acceptors (Lipinski definition) is 4. The van der Waals surface area contributed by atoms with Gasteiger partial charge in [-0.05, 0) is 24.5 Å². The molecule has 100 valence electrons. The zero-order chi connectivity index (χ0) is 13.2. The lowest BCUT2D eigenvalue weighted by molar-refractivity contribution is 0.123. The number of hydrogen-bond donors (Lipinski definition) is 0. The van der Waals surface area contributed by atoms with Crippen molar-refractivity contribution in [1.82, 2.24) is 0 Å². The molecule has 1 aliphatic heterocycles. The molecule has 0 saturated heterocycles. The Morgan fingerprint density at radius 3 is 2.33 bits per heavy atom. The van der Waals surface area contributed by atoms with Crippen molar-refractivity contribution in [2.75, 3.05) is 21.3 Å². The van der Waals surface area contributed by atoms with Crippen LogP contribution in [0, 0.1) is 0 Å². The van der Waals surface area contributed by atoms with Gasteiger partial charge >= 0.3 is 8.80 Å². The molecular formula is C13H20O4Si. The van der Waals surface area contributed by atoms with E-state index in [1.165, 1.54) is 11.1 Å². The van der Waals surface area contributed by atoms with Crippen LogP contribution >= 0.6 is 0 Å². The standard InChI is InChI=1S/C13H20O4Si/c1-5-11-10(6-7-12-13(11)17-12)8-9-18(14-2,15-3)16-4/h6-7H,5,8-9H2,1-4H3. The van der Waals surface area contributed by atoms with E-state index in [0.29, 0.717) is 0 Å². The van der Waals surface area contributed by atoms with Crippen LogP contribution in [0.1, 0.15) is 18.1 Å². The lowest BCUT2D eigenvalue weighted by Gasteiger charge is -2.24. The molecule has 0 bridgehead atoms. The third-order valence-corrected chi connectivity index (χ3v) is 6.21. The molecule has 0 radical (unpaired) electrons. The molecule has 0 saturated carbocycles. The minimum atomic E-state index is -2.48. The summed E-state index contributed by atoms with van der Waals surface area (Å²) < 4.78 is 21.7. The van der Waals surface area contributed by atoms with Crippen LogP contribution in [0.3, 0.4) is 0 Å². The van der Waals surface area contributed by atoms with E-state index in [1.807, 2.05) is 6.07 Å². The van der Waals surface area contributed by atoms with Gasteiger partial charge in [0.05, 0.1) is 0 Å². The first kappa shape index (κ1) is 13.5. The number of aryl methyl sites for hydroxylation is 1. The number of fused-ring (bicyclic) bond motifs is 1. The fourth-order valence-corrected chi connectivity index (χ4v) is 3.98. The van der Waals surface area contributed by atoms with Crippen LogP contribution in [0.4, 0.5) is 0 Å². The summed E-state index contributed by atoms with van der Waals surface area (Å²) in [4.78, 5) is 0. The van der Waals surface area contributed by atoms with Gasteiger partial charge in [-0.15, -0.1) is 0 Å². The van der Waals surface area contributed by atoms with E-state index in [9.17, 15) is 0 Å². The van der Waals surface area contributed by atoms with Gasteiger partial charge in [0.15, 0.2) is 11.5 Å². The third-order valence-electron chi connectivity index (χ3n) is 3.48. The van der Waals surface area contributed by atoms with Gasteiger partial charge < -0.3 is 18.0 Å². The van der Waals surface area contributed by atoms with E-state index in [4.69, 9.17) is 18.0 Å². The van der Waals surface area contributed by atoms with E-state index in [-0.39, 0.29) is 0 Å². The van der Waals surface area contributed by atoms with Gasteiger partial charge in [-0.1, -0.05) is 13.0 Å². The summed E-state index contributed by atoms with van der Waals surface area (Å²) in [7, 11) is 2.47. The Labute approximate surface area is 109 Å². The minimum absolute atomic E-state index is 0.780. The monoisotopic (exact) mass is 268 g/mol. The quantitative estimate of drug-likeness (QED) is 0.572. The highest BCUT2D eigenvalue weighted by atomic mass is 28.4. The molecule has 0 spiro atoms. The second-order valence-corrected chi connectivity index (χ2v) is 7.37. The van der Waals surface area contributed by atoms with Crippen molar-refractivity contribution in [3.8, 4) is 11.5 Å². The van der Waals surface area contributed by atoms with Crippen LogP contribution < -0.4 is 4.74 Å². The zero-order valence-electron chi connectivity index (χ0n) is 11.4. The molecule has 0 amide bonds.